The first-order chi connectivity index (χ1) is 15.1. The molecule has 0 saturated heterocycles. The van der Waals surface area contributed by atoms with Gasteiger partial charge in [-0.3, -0.25) is 0 Å². The first kappa shape index (κ1) is 25.2. The van der Waals surface area contributed by atoms with Gasteiger partial charge in [-0.05, 0) is 67.5 Å². The molecule has 0 aromatic heterocycles. The molecule has 2 aromatic carbocycles. The summed E-state index contributed by atoms with van der Waals surface area (Å²) >= 11 is 6.75. The first-order valence-electron chi connectivity index (χ1n) is 10.5. The third kappa shape index (κ3) is 10.7. The summed E-state index contributed by atoms with van der Waals surface area (Å²) < 4.78 is 0. The molecule has 0 radical (unpaired) electrons. The van der Waals surface area contributed by atoms with Crippen LogP contribution in [0.3, 0.4) is 0 Å². The van der Waals surface area contributed by atoms with Gasteiger partial charge in [0.2, 0.25) is 0 Å². The van der Waals surface area contributed by atoms with Gasteiger partial charge >= 0.3 is 12.1 Å². The van der Waals surface area contributed by atoms with Crippen molar-refractivity contribution in [1.82, 2.24) is 10.6 Å². The maximum atomic E-state index is 11.9. The third-order valence-corrected chi connectivity index (χ3v) is 5.65. The van der Waals surface area contributed by atoms with Crippen LogP contribution < -0.4 is 21.3 Å². The lowest BCUT2D eigenvalue weighted by atomic mass is 10.0. The lowest BCUT2D eigenvalue weighted by molar-refractivity contribution is 0.251. The van der Waals surface area contributed by atoms with Gasteiger partial charge in [-0.15, -0.1) is 0 Å². The number of rotatable bonds is 12. The predicted octanol–water partition coefficient (Wildman–Crippen LogP) is 5.87. The van der Waals surface area contributed by atoms with E-state index in [2.05, 4.69) is 53.1 Å². The van der Waals surface area contributed by atoms with Gasteiger partial charge in [0.1, 0.15) is 0 Å². The monoisotopic (exact) mass is 552 g/mol. The van der Waals surface area contributed by atoms with Crippen LogP contribution in [0.15, 0.2) is 48.5 Å². The quantitative estimate of drug-likeness (QED) is 0.196. The van der Waals surface area contributed by atoms with Crippen molar-refractivity contribution in [2.45, 2.75) is 32.1 Å². The van der Waals surface area contributed by atoms with Gasteiger partial charge in [-0.1, -0.05) is 56.1 Å². The molecule has 4 N–H and O–H groups in total. The summed E-state index contributed by atoms with van der Waals surface area (Å²) in [7, 11) is 0. The van der Waals surface area contributed by atoms with Crippen LogP contribution in [0.2, 0.25) is 0 Å². The molecule has 0 aliphatic rings. The van der Waals surface area contributed by atoms with Crippen molar-refractivity contribution in [2.75, 3.05) is 34.4 Å². The summed E-state index contributed by atoms with van der Waals surface area (Å²) in [5.74, 6) is 0. The standard InChI is InChI=1S/C23H30Br2N4O2/c24-13-1-3-15-26-22(30)28-20-9-5-18(6-10-20)17-19-7-11-21(12-8-19)29-23(31)27-16-4-2-14-25/h5-12H,1-4,13-17H2,(H2,26,28,30)(H2,27,29,31). The van der Waals surface area contributed by atoms with Crippen LogP contribution in [-0.4, -0.2) is 35.8 Å². The Balaban J connectivity index is 1.76. The summed E-state index contributed by atoms with van der Waals surface area (Å²) in [6.07, 6.45) is 4.76. The largest absolute Gasteiger partial charge is 0.338 e. The number of hydrogen-bond acceptors (Lipinski definition) is 2. The highest BCUT2D eigenvalue weighted by atomic mass is 79.9. The molecule has 168 valence electrons. The fourth-order valence-electron chi connectivity index (χ4n) is 2.84. The van der Waals surface area contributed by atoms with Crippen molar-refractivity contribution in [2.24, 2.45) is 0 Å². The van der Waals surface area contributed by atoms with Gasteiger partial charge in [-0.2, -0.15) is 0 Å². The van der Waals surface area contributed by atoms with E-state index in [9.17, 15) is 9.59 Å². The highest BCUT2D eigenvalue weighted by molar-refractivity contribution is 9.09. The zero-order chi connectivity index (χ0) is 22.3. The zero-order valence-corrected chi connectivity index (χ0v) is 20.7. The van der Waals surface area contributed by atoms with Gasteiger partial charge < -0.3 is 21.3 Å². The van der Waals surface area contributed by atoms with Crippen LogP contribution in [0.4, 0.5) is 21.0 Å². The van der Waals surface area contributed by atoms with Crippen LogP contribution in [0.1, 0.15) is 36.8 Å². The van der Waals surface area contributed by atoms with E-state index in [1.54, 1.807) is 0 Å². The Morgan fingerprint density at radius 3 is 1.35 bits per heavy atom. The van der Waals surface area contributed by atoms with Gasteiger partial charge in [0.05, 0.1) is 0 Å². The minimum Gasteiger partial charge on any atom is -0.338 e. The Morgan fingerprint density at radius 1 is 0.613 bits per heavy atom. The summed E-state index contributed by atoms with van der Waals surface area (Å²) in [6, 6.07) is 15.3. The number of anilines is 2. The predicted molar refractivity (Wildman–Crippen MR) is 136 cm³/mol. The topological polar surface area (TPSA) is 82.3 Å². The van der Waals surface area contributed by atoms with Crippen LogP contribution in [0.25, 0.3) is 0 Å². The molecular weight excluding hydrogens is 524 g/mol. The van der Waals surface area contributed by atoms with E-state index in [-0.39, 0.29) is 12.1 Å². The second kappa shape index (κ2) is 14.9. The minimum atomic E-state index is -0.183. The number of amides is 4. The normalized spacial score (nSPS) is 10.4. The van der Waals surface area contributed by atoms with E-state index in [4.69, 9.17) is 0 Å². The molecule has 6 nitrogen and oxygen atoms in total. The molecule has 2 aromatic rings. The maximum Gasteiger partial charge on any atom is 0.319 e. The number of benzene rings is 2. The van der Waals surface area contributed by atoms with Crippen LogP contribution >= 0.6 is 31.9 Å². The Hall–Kier alpha value is -2.06. The van der Waals surface area contributed by atoms with Gasteiger partial charge in [0.15, 0.2) is 0 Å². The number of carbonyl (C=O) groups is 2. The number of unbranched alkanes of at least 4 members (excludes halogenated alkanes) is 2. The zero-order valence-electron chi connectivity index (χ0n) is 17.6. The molecule has 0 aliphatic heterocycles. The molecule has 0 saturated carbocycles. The number of carbonyl (C=O) groups excluding carboxylic acids is 2. The Kier molecular flexibility index (Phi) is 12.1. The molecule has 0 fully saturated rings. The summed E-state index contributed by atoms with van der Waals surface area (Å²) in [6.45, 7) is 1.33. The van der Waals surface area contributed by atoms with E-state index in [0.717, 1.165) is 65.3 Å². The van der Waals surface area contributed by atoms with Gasteiger partial charge in [-0.25, -0.2) is 9.59 Å². The van der Waals surface area contributed by atoms with E-state index in [1.165, 1.54) is 0 Å². The van der Waals surface area contributed by atoms with E-state index < -0.39 is 0 Å². The average Bonchev–Trinajstić information content (AvgIpc) is 2.77. The first-order valence-corrected chi connectivity index (χ1v) is 12.7. The fourth-order valence-corrected chi connectivity index (χ4v) is 3.63. The molecule has 0 spiro atoms. The van der Waals surface area contributed by atoms with Crippen LogP contribution in [0.5, 0.6) is 0 Å². The molecule has 31 heavy (non-hydrogen) atoms. The molecule has 0 unspecified atom stereocenters. The van der Waals surface area contributed by atoms with Crippen LogP contribution in [0, 0.1) is 0 Å². The average molecular weight is 554 g/mol. The fraction of sp³-hybridized carbons (Fsp3) is 0.391. The van der Waals surface area contributed by atoms with Crippen molar-refractivity contribution in [3.05, 3.63) is 59.7 Å². The maximum absolute atomic E-state index is 11.9. The Morgan fingerprint density at radius 2 is 1.00 bits per heavy atom. The number of halogens is 2. The molecule has 0 bridgehead atoms. The smallest absolute Gasteiger partial charge is 0.319 e. The molecule has 4 amide bonds. The lowest BCUT2D eigenvalue weighted by Crippen LogP contribution is -2.29. The second-order valence-electron chi connectivity index (χ2n) is 7.12. The number of urea groups is 2. The molecule has 0 atom stereocenters. The molecule has 8 heteroatoms. The minimum absolute atomic E-state index is 0.183. The third-order valence-electron chi connectivity index (χ3n) is 4.52. The summed E-state index contributed by atoms with van der Waals surface area (Å²) in [5.41, 5.74) is 3.83. The van der Waals surface area contributed by atoms with E-state index in [1.807, 2.05) is 48.5 Å². The lowest BCUT2D eigenvalue weighted by Gasteiger charge is -2.09. The number of hydrogen-bond donors (Lipinski definition) is 4. The Labute approximate surface area is 201 Å². The van der Waals surface area contributed by atoms with E-state index in [0.29, 0.717) is 13.1 Å². The highest BCUT2D eigenvalue weighted by Crippen LogP contribution is 2.16. The molecule has 0 aliphatic carbocycles. The van der Waals surface area contributed by atoms with Crippen molar-refractivity contribution in [1.29, 1.82) is 0 Å². The van der Waals surface area contributed by atoms with Gasteiger partial charge in [0.25, 0.3) is 0 Å². The molecule has 0 heterocycles. The summed E-state index contributed by atoms with van der Waals surface area (Å²) in [4.78, 5) is 23.8. The highest BCUT2D eigenvalue weighted by Gasteiger charge is 2.04. The second-order valence-corrected chi connectivity index (χ2v) is 8.71. The Bertz CT molecular complexity index is 731. The molecule has 2 rings (SSSR count). The van der Waals surface area contributed by atoms with E-state index >= 15 is 0 Å². The molecular formula is C23H30Br2N4O2. The number of nitrogens with one attached hydrogen (secondary N) is 4. The van der Waals surface area contributed by atoms with Crippen molar-refractivity contribution in [3.63, 3.8) is 0 Å². The van der Waals surface area contributed by atoms with Gasteiger partial charge in [0, 0.05) is 35.1 Å². The number of alkyl halides is 2. The van der Waals surface area contributed by atoms with Crippen molar-refractivity contribution in [3.8, 4) is 0 Å². The SMILES string of the molecule is O=C(NCCCCBr)Nc1ccc(Cc2ccc(NC(=O)NCCCCBr)cc2)cc1. The van der Waals surface area contributed by atoms with Crippen molar-refractivity contribution < 1.29 is 9.59 Å². The summed E-state index contributed by atoms with van der Waals surface area (Å²) in [5, 5.41) is 13.3. The van der Waals surface area contributed by atoms with Crippen LogP contribution in [-0.2, 0) is 6.42 Å². The van der Waals surface area contributed by atoms with Crippen molar-refractivity contribution >= 4 is 55.3 Å².